The summed E-state index contributed by atoms with van der Waals surface area (Å²) in [6.07, 6.45) is 0. The molecule has 1 heterocycles. The van der Waals surface area contributed by atoms with E-state index >= 15 is 0 Å². The SMILES string of the molecule is COc1cc([N+](=O)[O-])ccc1NC(=O)CSc1nnc(-c2cccc(NC(C)=O)c2)o1. The highest BCUT2D eigenvalue weighted by Crippen LogP contribution is 2.30. The van der Waals surface area contributed by atoms with E-state index in [9.17, 15) is 19.7 Å². The van der Waals surface area contributed by atoms with E-state index in [1.54, 1.807) is 24.3 Å². The number of amides is 2. The number of carbonyl (C=O) groups excluding carboxylic acids is 2. The Bertz CT molecular complexity index is 1130. The van der Waals surface area contributed by atoms with E-state index < -0.39 is 4.92 Å². The number of nitro benzene ring substituents is 1. The van der Waals surface area contributed by atoms with Crippen LogP contribution in [-0.4, -0.2) is 39.8 Å². The summed E-state index contributed by atoms with van der Waals surface area (Å²) >= 11 is 1.03. The number of hydrogen-bond donors (Lipinski definition) is 2. The number of rotatable bonds is 8. The number of benzene rings is 2. The van der Waals surface area contributed by atoms with Crippen molar-refractivity contribution < 1.29 is 23.7 Å². The second kappa shape index (κ2) is 9.71. The van der Waals surface area contributed by atoms with Gasteiger partial charge in [-0.25, -0.2) is 0 Å². The molecule has 11 nitrogen and oxygen atoms in total. The summed E-state index contributed by atoms with van der Waals surface area (Å²) in [6, 6.07) is 10.8. The van der Waals surface area contributed by atoms with Crippen molar-refractivity contribution >= 4 is 40.6 Å². The molecule has 3 aromatic rings. The largest absolute Gasteiger partial charge is 0.494 e. The highest BCUT2D eigenvalue weighted by atomic mass is 32.2. The molecule has 1 aromatic heterocycles. The fraction of sp³-hybridized carbons (Fsp3) is 0.158. The standard InChI is InChI=1S/C19H17N5O6S/c1-11(25)20-13-5-3-4-12(8-13)18-22-23-19(30-18)31-10-17(26)21-15-7-6-14(24(27)28)9-16(15)29-2/h3-9H,10H2,1-2H3,(H,20,25)(H,21,26). The number of carbonyl (C=O) groups is 2. The molecule has 160 valence electrons. The van der Waals surface area contributed by atoms with Crippen LogP contribution in [0.3, 0.4) is 0 Å². The molecule has 2 aromatic carbocycles. The molecule has 12 heteroatoms. The van der Waals surface area contributed by atoms with Gasteiger partial charge in [-0.3, -0.25) is 19.7 Å². The fourth-order valence-electron chi connectivity index (χ4n) is 2.53. The van der Waals surface area contributed by atoms with Crippen LogP contribution in [0.25, 0.3) is 11.5 Å². The molecule has 0 bridgehead atoms. The first kappa shape index (κ1) is 21.8. The number of hydrogen-bond acceptors (Lipinski definition) is 9. The van der Waals surface area contributed by atoms with E-state index in [2.05, 4.69) is 20.8 Å². The topological polar surface area (TPSA) is 149 Å². The molecule has 2 amide bonds. The quantitative estimate of drug-likeness (QED) is 0.303. The van der Waals surface area contributed by atoms with Crippen LogP contribution in [0, 0.1) is 10.1 Å². The lowest BCUT2D eigenvalue weighted by atomic mass is 10.2. The van der Waals surface area contributed by atoms with Gasteiger partial charge < -0.3 is 19.8 Å². The summed E-state index contributed by atoms with van der Waals surface area (Å²) in [5, 5.41) is 24.2. The average Bonchev–Trinajstić information content (AvgIpc) is 3.21. The summed E-state index contributed by atoms with van der Waals surface area (Å²) < 4.78 is 10.7. The maximum Gasteiger partial charge on any atom is 0.277 e. The molecule has 0 atom stereocenters. The van der Waals surface area contributed by atoms with Gasteiger partial charge in [0.1, 0.15) is 5.75 Å². The number of aromatic nitrogens is 2. The van der Waals surface area contributed by atoms with Gasteiger partial charge in [-0.1, -0.05) is 17.8 Å². The first-order chi connectivity index (χ1) is 14.9. The number of nitrogens with one attached hydrogen (secondary N) is 2. The number of methoxy groups -OCH3 is 1. The van der Waals surface area contributed by atoms with E-state index in [0.717, 1.165) is 11.8 Å². The van der Waals surface area contributed by atoms with Crippen LogP contribution in [0.4, 0.5) is 17.1 Å². The zero-order chi connectivity index (χ0) is 22.4. The molecule has 0 saturated carbocycles. The highest BCUT2D eigenvalue weighted by molar-refractivity contribution is 7.99. The molecule has 0 aliphatic carbocycles. The van der Waals surface area contributed by atoms with Crippen molar-refractivity contribution in [1.82, 2.24) is 10.2 Å². The molecule has 0 aliphatic rings. The van der Waals surface area contributed by atoms with Crippen molar-refractivity contribution in [3.8, 4) is 17.2 Å². The zero-order valence-corrected chi connectivity index (χ0v) is 17.3. The molecule has 0 radical (unpaired) electrons. The van der Waals surface area contributed by atoms with Gasteiger partial charge in [0, 0.05) is 24.2 Å². The number of nitro groups is 1. The molecule has 0 unspecified atom stereocenters. The van der Waals surface area contributed by atoms with Crippen molar-refractivity contribution in [2.24, 2.45) is 0 Å². The van der Waals surface area contributed by atoms with Gasteiger partial charge in [-0.15, -0.1) is 10.2 Å². The van der Waals surface area contributed by atoms with Gasteiger partial charge in [-0.05, 0) is 24.3 Å². The normalized spacial score (nSPS) is 10.4. The molecule has 0 aliphatic heterocycles. The third-order valence-corrected chi connectivity index (χ3v) is 4.65. The summed E-state index contributed by atoms with van der Waals surface area (Å²) in [7, 11) is 1.35. The minimum absolute atomic E-state index is 0.0340. The molecule has 31 heavy (non-hydrogen) atoms. The molecule has 0 spiro atoms. The first-order valence-electron chi connectivity index (χ1n) is 8.82. The lowest BCUT2D eigenvalue weighted by Crippen LogP contribution is -2.14. The maximum atomic E-state index is 12.2. The molecular weight excluding hydrogens is 426 g/mol. The van der Waals surface area contributed by atoms with Crippen LogP contribution in [0.5, 0.6) is 5.75 Å². The van der Waals surface area contributed by atoms with Gasteiger partial charge in [0.15, 0.2) is 0 Å². The monoisotopic (exact) mass is 443 g/mol. The molecular formula is C19H17N5O6S. The number of ether oxygens (including phenoxy) is 1. The molecule has 3 rings (SSSR count). The van der Waals surface area contributed by atoms with Crippen molar-refractivity contribution in [2.75, 3.05) is 23.5 Å². The van der Waals surface area contributed by atoms with Crippen LogP contribution in [-0.2, 0) is 9.59 Å². The smallest absolute Gasteiger partial charge is 0.277 e. The third-order valence-electron chi connectivity index (χ3n) is 3.83. The molecule has 0 fully saturated rings. The lowest BCUT2D eigenvalue weighted by molar-refractivity contribution is -0.384. The minimum atomic E-state index is -0.553. The van der Waals surface area contributed by atoms with E-state index in [0.29, 0.717) is 16.9 Å². The molecule has 2 N–H and O–H groups in total. The number of nitrogens with zero attached hydrogens (tertiary/aromatic N) is 3. The third kappa shape index (κ3) is 5.79. The van der Waals surface area contributed by atoms with Crippen molar-refractivity contribution in [2.45, 2.75) is 12.1 Å². The lowest BCUT2D eigenvalue weighted by Gasteiger charge is -2.09. The Kier molecular flexibility index (Phi) is 6.82. The summed E-state index contributed by atoms with van der Waals surface area (Å²) in [5.41, 5.74) is 1.37. The van der Waals surface area contributed by atoms with Crippen LogP contribution in [0.1, 0.15) is 6.92 Å². The Labute approximate surface area is 180 Å². The van der Waals surface area contributed by atoms with E-state index in [1.807, 2.05) is 0 Å². The van der Waals surface area contributed by atoms with Crippen LogP contribution in [0.15, 0.2) is 52.1 Å². The second-order valence-corrected chi connectivity index (χ2v) is 7.04. The summed E-state index contributed by atoms with van der Waals surface area (Å²) in [5.74, 6) is -0.203. The Hall–Kier alpha value is -3.93. The van der Waals surface area contributed by atoms with Crippen LogP contribution >= 0.6 is 11.8 Å². The average molecular weight is 443 g/mol. The van der Waals surface area contributed by atoms with Crippen LogP contribution in [0.2, 0.25) is 0 Å². The second-order valence-electron chi connectivity index (χ2n) is 6.11. The Morgan fingerprint density at radius 2 is 2.00 bits per heavy atom. The Balaban J connectivity index is 1.61. The van der Waals surface area contributed by atoms with E-state index in [1.165, 1.54) is 32.2 Å². The van der Waals surface area contributed by atoms with Gasteiger partial charge in [-0.2, -0.15) is 0 Å². The van der Waals surface area contributed by atoms with Gasteiger partial charge >= 0.3 is 0 Å². The number of thioether (sulfide) groups is 1. The summed E-state index contributed by atoms with van der Waals surface area (Å²) in [4.78, 5) is 33.7. The van der Waals surface area contributed by atoms with Crippen molar-refractivity contribution in [3.63, 3.8) is 0 Å². The minimum Gasteiger partial charge on any atom is -0.494 e. The Morgan fingerprint density at radius 1 is 1.19 bits per heavy atom. The van der Waals surface area contributed by atoms with Gasteiger partial charge in [0.05, 0.1) is 29.5 Å². The number of anilines is 2. The predicted octanol–water partition coefficient (Wildman–Crippen LogP) is 3.34. The predicted molar refractivity (Wildman–Crippen MR) is 113 cm³/mol. The molecule has 0 saturated heterocycles. The highest BCUT2D eigenvalue weighted by Gasteiger charge is 2.15. The van der Waals surface area contributed by atoms with E-state index in [4.69, 9.17) is 9.15 Å². The maximum absolute atomic E-state index is 12.2. The van der Waals surface area contributed by atoms with Crippen LogP contribution < -0.4 is 15.4 Å². The first-order valence-corrected chi connectivity index (χ1v) is 9.81. The van der Waals surface area contributed by atoms with Crippen molar-refractivity contribution in [1.29, 1.82) is 0 Å². The fourth-order valence-corrected chi connectivity index (χ4v) is 3.09. The summed E-state index contributed by atoms with van der Waals surface area (Å²) in [6.45, 7) is 1.41. The number of non-ortho nitro benzene ring substituents is 1. The zero-order valence-electron chi connectivity index (χ0n) is 16.4. The van der Waals surface area contributed by atoms with E-state index in [-0.39, 0.29) is 40.1 Å². The van der Waals surface area contributed by atoms with Crippen molar-refractivity contribution in [3.05, 3.63) is 52.6 Å². The van der Waals surface area contributed by atoms with Gasteiger partial charge in [0.25, 0.3) is 10.9 Å². The van der Waals surface area contributed by atoms with Gasteiger partial charge in [0.2, 0.25) is 17.7 Å². The Morgan fingerprint density at radius 3 is 2.71 bits per heavy atom.